The SMILES string of the molecule is C.c1ccc2c(c1)ccc1c3cccc4c5cc6c7c8ccccc8ccc7c7cccc(c5cc(c21)c43)c76. The van der Waals surface area contributed by atoms with Crippen molar-refractivity contribution in [3.63, 3.8) is 0 Å². The molecule has 0 atom stereocenters. The Morgan fingerprint density at radius 3 is 1.03 bits per heavy atom. The second kappa shape index (κ2) is 7.12. The van der Waals surface area contributed by atoms with Crippen LogP contribution >= 0.6 is 0 Å². The van der Waals surface area contributed by atoms with Crippen molar-refractivity contribution in [2.45, 2.75) is 7.43 Å². The average Bonchev–Trinajstić information content (AvgIpc) is 3.48. The maximum Gasteiger partial charge on any atom is -0.00197 e. The third kappa shape index (κ3) is 2.41. The minimum absolute atomic E-state index is 0. The van der Waals surface area contributed by atoms with Crippen LogP contribution in [0.4, 0.5) is 0 Å². The molecular formula is C39H24. The number of hydrogen-bond donors (Lipinski definition) is 0. The molecule has 0 aliphatic rings. The summed E-state index contributed by atoms with van der Waals surface area (Å²) in [5.74, 6) is 0. The summed E-state index contributed by atoms with van der Waals surface area (Å²) in [4.78, 5) is 0. The van der Waals surface area contributed by atoms with E-state index in [9.17, 15) is 0 Å². The Kier molecular flexibility index (Phi) is 3.84. The summed E-state index contributed by atoms with van der Waals surface area (Å²) in [6, 6.07) is 45.6. The molecule has 10 rings (SSSR count). The predicted octanol–water partition coefficient (Wildman–Crippen LogP) is 11.6. The lowest BCUT2D eigenvalue weighted by molar-refractivity contribution is 1.81. The first kappa shape index (κ1) is 21.0. The van der Waals surface area contributed by atoms with Gasteiger partial charge in [0.2, 0.25) is 0 Å². The van der Waals surface area contributed by atoms with Gasteiger partial charge in [-0.05, 0) is 109 Å². The lowest BCUT2D eigenvalue weighted by Gasteiger charge is -2.10. The molecule has 0 saturated heterocycles. The van der Waals surface area contributed by atoms with Gasteiger partial charge in [0.1, 0.15) is 0 Å². The highest BCUT2D eigenvalue weighted by Crippen LogP contribution is 2.49. The zero-order valence-electron chi connectivity index (χ0n) is 20.5. The smallest absolute Gasteiger partial charge is 0.00197 e. The highest BCUT2D eigenvalue weighted by atomic mass is 14.2. The van der Waals surface area contributed by atoms with Crippen LogP contribution in [0.2, 0.25) is 0 Å². The van der Waals surface area contributed by atoms with E-state index < -0.39 is 0 Å². The van der Waals surface area contributed by atoms with Crippen LogP contribution in [0.15, 0.2) is 121 Å². The van der Waals surface area contributed by atoms with Crippen molar-refractivity contribution in [1.29, 1.82) is 0 Å². The van der Waals surface area contributed by atoms with Crippen molar-refractivity contribution in [2.75, 3.05) is 0 Å². The Labute approximate surface area is 225 Å². The van der Waals surface area contributed by atoms with Gasteiger partial charge in [0, 0.05) is 0 Å². The van der Waals surface area contributed by atoms with Crippen molar-refractivity contribution >= 4 is 97.0 Å². The molecule has 0 bridgehead atoms. The summed E-state index contributed by atoms with van der Waals surface area (Å²) in [7, 11) is 0. The van der Waals surface area contributed by atoms with E-state index in [0.717, 1.165) is 0 Å². The molecule has 0 spiro atoms. The van der Waals surface area contributed by atoms with Crippen LogP contribution < -0.4 is 0 Å². The lowest BCUT2D eigenvalue weighted by Crippen LogP contribution is -1.82. The fraction of sp³-hybridized carbons (Fsp3) is 0.0256. The van der Waals surface area contributed by atoms with Gasteiger partial charge in [-0.15, -0.1) is 0 Å². The number of fused-ring (bicyclic) bond motifs is 13. The topological polar surface area (TPSA) is 0 Å². The van der Waals surface area contributed by atoms with Gasteiger partial charge in [-0.2, -0.15) is 0 Å². The molecule has 180 valence electrons. The van der Waals surface area contributed by atoms with Crippen molar-refractivity contribution in [3.05, 3.63) is 121 Å². The molecule has 0 heteroatoms. The fourth-order valence-corrected chi connectivity index (χ4v) is 7.58. The van der Waals surface area contributed by atoms with E-state index in [4.69, 9.17) is 0 Å². The highest BCUT2D eigenvalue weighted by molar-refractivity contribution is 6.44. The van der Waals surface area contributed by atoms with Crippen LogP contribution in [0.3, 0.4) is 0 Å². The molecule has 10 aromatic carbocycles. The Morgan fingerprint density at radius 1 is 0.231 bits per heavy atom. The Morgan fingerprint density at radius 2 is 0.564 bits per heavy atom. The van der Waals surface area contributed by atoms with Crippen LogP contribution in [0, 0.1) is 0 Å². The summed E-state index contributed by atoms with van der Waals surface area (Å²) in [6.45, 7) is 0. The molecule has 0 unspecified atom stereocenters. The quantitative estimate of drug-likeness (QED) is 0.185. The normalized spacial score (nSPS) is 12.4. The number of rotatable bonds is 0. The van der Waals surface area contributed by atoms with Crippen molar-refractivity contribution in [3.8, 4) is 0 Å². The molecule has 10 aromatic rings. The summed E-state index contributed by atoms with van der Waals surface area (Å²) in [6.07, 6.45) is 0. The first-order valence-corrected chi connectivity index (χ1v) is 13.4. The third-order valence-corrected chi connectivity index (χ3v) is 9.09. The van der Waals surface area contributed by atoms with Gasteiger partial charge in [0.15, 0.2) is 0 Å². The second-order valence-corrected chi connectivity index (χ2v) is 10.8. The van der Waals surface area contributed by atoms with Crippen LogP contribution in [-0.4, -0.2) is 0 Å². The van der Waals surface area contributed by atoms with Crippen LogP contribution in [0.5, 0.6) is 0 Å². The van der Waals surface area contributed by atoms with Gasteiger partial charge >= 0.3 is 0 Å². The zero-order valence-corrected chi connectivity index (χ0v) is 20.5. The van der Waals surface area contributed by atoms with E-state index >= 15 is 0 Å². The van der Waals surface area contributed by atoms with E-state index in [2.05, 4.69) is 121 Å². The van der Waals surface area contributed by atoms with Gasteiger partial charge in [-0.1, -0.05) is 117 Å². The van der Waals surface area contributed by atoms with Gasteiger partial charge in [0.05, 0.1) is 0 Å². The van der Waals surface area contributed by atoms with E-state index in [-0.39, 0.29) is 7.43 Å². The summed E-state index contributed by atoms with van der Waals surface area (Å²) in [5, 5.41) is 24.4. The summed E-state index contributed by atoms with van der Waals surface area (Å²) < 4.78 is 0. The molecule has 0 radical (unpaired) electrons. The minimum Gasteiger partial charge on any atom is -0.0776 e. The summed E-state index contributed by atoms with van der Waals surface area (Å²) >= 11 is 0. The molecule has 39 heavy (non-hydrogen) atoms. The van der Waals surface area contributed by atoms with Crippen molar-refractivity contribution in [2.24, 2.45) is 0 Å². The van der Waals surface area contributed by atoms with Crippen molar-refractivity contribution in [1.82, 2.24) is 0 Å². The highest BCUT2D eigenvalue weighted by Gasteiger charge is 2.20. The Hall–Kier alpha value is -4.94. The van der Waals surface area contributed by atoms with Gasteiger partial charge in [-0.3, -0.25) is 0 Å². The second-order valence-electron chi connectivity index (χ2n) is 10.8. The molecule has 0 fully saturated rings. The lowest BCUT2D eigenvalue weighted by atomic mass is 9.93. The van der Waals surface area contributed by atoms with Gasteiger partial charge < -0.3 is 0 Å². The first-order valence-electron chi connectivity index (χ1n) is 13.4. The minimum atomic E-state index is 0. The zero-order chi connectivity index (χ0) is 24.5. The molecule has 0 aromatic heterocycles. The molecule has 0 aliphatic heterocycles. The molecule has 0 N–H and O–H groups in total. The van der Waals surface area contributed by atoms with Crippen molar-refractivity contribution < 1.29 is 0 Å². The van der Waals surface area contributed by atoms with E-state index in [1.54, 1.807) is 0 Å². The molecular weight excluding hydrogens is 468 g/mol. The average molecular weight is 493 g/mol. The van der Waals surface area contributed by atoms with Gasteiger partial charge in [-0.25, -0.2) is 0 Å². The molecule has 0 heterocycles. The fourth-order valence-electron chi connectivity index (χ4n) is 7.58. The predicted molar refractivity (Wildman–Crippen MR) is 173 cm³/mol. The molecule has 0 nitrogen and oxygen atoms in total. The van der Waals surface area contributed by atoms with E-state index in [1.165, 1.54) is 97.0 Å². The molecule has 0 saturated carbocycles. The maximum atomic E-state index is 2.49. The summed E-state index contributed by atoms with van der Waals surface area (Å²) in [5.41, 5.74) is 0. The van der Waals surface area contributed by atoms with Crippen LogP contribution in [0.1, 0.15) is 7.43 Å². The number of benzene rings is 8. The molecule has 0 amide bonds. The van der Waals surface area contributed by atoms with Gasteiger partial charge in [0.25, 0.3) is 0 Å². The Bertz CT molecular complexity index is 2420. The maximum absolute atomic E-state index is 2.49. The Balaban J connectivity index is 0.00000221. The standard InChI is InChI=1S/C38H20.CH4/c1-3-9-23-21(7-1)15-17-29-25-11-5-13-27-32-20-34-36-24-10-4-2-8-22(24)16-18-30(36)26-12-6-14-28(38(26)34)31(32)19-33(35(23)29)37(25)27;/h1-20H;1H4. The van der Waals surface area contributed by atoms with E-state index in [1.807, 2.05) is 0 Å². The molecule has 0 aliphatic carbocycles. The van der Waals surface area contributed by atoms with Crippen LogP contribution in [0.25, 0.3) is 97.0 Å². The number of hydrogen-bond acceptors (Lipinski definition) is 0. The largest absolute Gasteiger partial charge is 0.0776 e. The van der Waals surface area contributed by atoms with E-state index in [0.29, 0.717) is 0 Å². The first-order chi connectivity index (χ1) is 18.9. The monoisotopic (exact) mass is 492 g/mol. The van der Waals surface area contributed by atoms with Crippen LogP contribution in [-0.2, 0) is 0 Å². The third-order valence-electron chi connectivity index (χ3n) is 9.09.